The molecule has 0 aliphatic heterocycles. The predicted molar refractivity (Wildman–Crippen MR) is 126 cm³/mol. The van der Waals surface area contributed by atoms with Crippen LogP contribution in [0.1, 0.15) is 29.2 Å². The van der Waals surface area contributed by atoms with Gasteiger partial charge in [-0.05, 0) is 41.0 Å². The molecule has 156 valence electrons. The summed E-state index contributed by atoms with van der Waals surface area (Å²) < 4.78 is 2.32. The average Bonchev–Trinajstić information content (AvgIpc) is 3.43. The Kier molecular flexibility index (Phi) is 5.61. The van der Waals surface area contributed by atoms with Crippen LogP contribution in [0.15, 0.2) is 76.0 Å². The van der Waals surface area contributed by atoms with Gasteiger partial charge in [0.2, 0.25) is 5.91 Å². The van der Waals surface area contributed by atoms with Gasteiger partial charge < -0.3 is 5.32 Å². The van der Waals surface area contributed by atoms with Gasteiger partial charge in [0, 0.05) is 0 Å². The molecule has 31 heavy (non-hydrogen) atoms. The maximum atomic E-state index is 13.1. The SMILES string of the molecule is O=C(CSc1nc2ccsc2c(=O)n1Cc1ccccc1)N[C@H]1CCc2ccccc21. The smallest absolute Gasteiger partial charge is 0.272 e. The second kappa shape index (κ2) is 8.69. The largest absolute Gasteiger partial charge is 0.349 e. The predicted octanol–water partition coefficient (Wildman–Crippen LogP) is 4.40. The zero-order chi connectivity index (χ0) is 21.2. The number of thiophene rings is 1. The monoisotopic (exact) mass is 447 g/mol. The molecule has 0 bridgehead atoms. The standard InChI is InChI=1S/C24H21N3O2S2/c28-21(25-19-11-10-17-8-4-5-9-18(17)19)15-31-24-26-20-12-13-30-22(20)23(29)27(24)14-16-6-2-1-3-7-16/h1-9,12-13,19H,10-11,14-15H2,(H,25,28)/t19-/m0/s1. The number of benzene rings is 2. The highest BCUT2D eigenvalue weighted by atomic mass is 32.2. The Bertz CT molecular complexity index is 1300. The van der Waals surface area contributed by atoms with E-state index < -0.39 is 0 Å². The van der Waals surface area contributed by atoms with E-state index in [0.29, 0.717) is 21.9 Å². The molecule has 1 aliphatic carbocycles. The maximum absolute atomic E-state index is 13.1. The van der Waals surface area contributed by atoms with E-state index in [2.05, 4.69) is 22.4 Å². The summed E-state index contributed by atoms with van der Waals surface area (Å²) in [6.45, 7) is 0.431. The van der Waals surface area contributed by atoms with Crippen molar-refractivity contribution < 1.29 is 4.79 Å². The van der Waals surface area contributed by atoms with Gasteiger partial charge in [-0.25, -0.2) is 4.98 Å². The number of rotatable bonds is 6. The van der Waals surface area contributed by atoms with E-state index in [9.17, 15) is 9.59 Å². The number of fused-ring (bicyclic) bond motifs is 2. The molecule has 0 spiro atoms. The Labute approximate surface area is 188 Å². The quantitative estimate of drug-likeness (QED) is 0.351. The zero-order valence-corrected chi connectivity index (χ0v) is 18.4. The lowest BCUT2D eigenvalue weighted by molar-refractivity contribution is -0.119. The number of carbonyl (C=O) groups is 1. The topological polar surface area (TPSA) is 64.0 Å². The fourth-order valence-electron chi connectivity index (χ4n) is 4.01. The summed E-state index contributed by atoms with van der Waals surface area (Å²) in [5.74, 6) is 0.174. The summed E-state index contributed by atoms with van der Waals surface area (Å²) in [4.78, 5) is 30.5. The van der Waals surface area contributed by atoms with E-state index in [0.717, 1.165) is 18.4 Å². The lowest BCUT2D eigenvalue weighted by Crippen LogP contribution is -2.29. The van der Waals surface area contributed by atoms with Crippen molar-refractivity contribution in [3.63, 3.8) is 0 Å². The number of aryl methyl sites for hydroxylation is 1. The zero-order valence-electron chi connectivity index (χ0n) is 16.8. The Hall–Kier alpha value is -2.90. The van der Waals surface area contributed by atoms with Crippen LogP contribution in [-0.2, 0) is 17.8 Å². The number of amides is 1. The Morgan fingerprint density at radius 2 is 1.94 bits per heavy atom. The molecule has 7 heteroatoms. The van der Waals surface area contributed by atoms with Crippen LogP contribution in [0.3, 0.4) is 0 Å². The summed E-state index contributed by atoms with van der Waals surface area (Å²) in [7, 11) is 0. The van der Waals surface area contributed by atoms with Crippen molar-refractivity contribution in [3.8, 4) is 0 Å². The molecule has 1 atom stereocenters. The first-order valence-electron chi connectivity index (χ1n) is 10.2. The molecular weight excluding hydrogens is 426 g/mol. The van der Waals surface area contributed by atoms with Gasteiger partial charge in [0.25, 0.3) is 5.56 Å². The fraction of sp³-hybridized carbons (Fsp3) is 0.208. The van der Waals surface area contributed by atoms with Crippen LogP contribution in [0.4, 0.5) is 0 Å². The maximum Gasteiger partial charge on any atom is 0.272 e. The molecule has 0 fully saturated rings. The Morgan fingerprint density at radius 1 is 1.13 bits per heavy atom. The third-order valence-corrected chi connectivity index (χ3v) is 7.38. The number of aromatic nitrogens is 2. The van der Waals surface area contributed by atoms with E-state index in [1.165, 1.54) is 34.2 Å². The van der Waals surface area contributed by atoms with Gasteiger partial charge >= 0.3 is 0 Å². The van der Waals surface area contributed by atoms with Crippen molar-refractivity contribution in [2.75, 3.05) is 5.75 Å². The summed E-state index contributed by atoms with van der Waals surface area (Å²) >= 11 is 2.72. The van der Waals surface area contributed by atoms with Gasteiger partial charge in [0.1, 0.15) is 4.70 Å². The molecular formula is C24H21N3O2S2. The van der Waals surface area contributed by atoms with E-state index in [1.807, 2.05) is 53.9 Å². The number of hydrogen-bond donors (Lipinski definition) is 1. The van der Waals surface area contributed by atoms with Crippen molar-refractivity contribution in [1.82, 2.24) is 14.9 Å². The third-order valence-electron chi connectivity index (χ3n) is 5.51. The van der Waals surface area contributed by atoms with Crippen molar-refractivity contribution in [3.05, 3.63) is 93.1 Å². The van der Waals surface area contributed by atoms with Gasteiger partial charge in [0.05, 0.1) is 23.9 Å². The molecule has 5 nitrogen and oxygen atoms in total. The number of carbonyl (C=O) groups excluding carboxylic acids is 1. The van der Waals surface area contributed by atoms with Crippen molar-refractivity contribution in [2.45, 2.75) is 30.6 Å². The number of hydrogen-bond acceptors (Lipinski definition) is 5. The molecule has 5 rings (SSSR count). The van der Waals surface area contributed by atoms with Crippen LogP contribution >= 0.6 is 23.1 Å². The van der Waals surface area contributed by atoms with Gasteiger partial charge in [0.15, 0.2) is 5.16 Å². The van der Waals surface area contributed by atoms with Crippen LogP contribution in [0.5, 0.6) is 0 Å². The molecule has 4 aromatic rings. The van der Waals surface area contributed by atoms with Gasteiger partial charge in [-0.2, -0.15) is 0 Å². The molecule has 2 aromatic heterocycles. The van der Waals surface area contributed by atoms with Crippen LogP contribution < -0.4 is 10.9 Å². The number of nitrogens with zero attached hydrogens (tertiary/aromatic N) is 2. The third kappa shape index (κ3) is 4.16. The van der Waals surface area contributed by atoms with E-state index in [-0.39, 0.29) is 23.3 Å². The van der Waals surface area contributed by atoms with Crippen molar-refractivity contribution in [2.24, 2.45) is 0 Å². The molecule has 0 radical (unpaired) electrons. The Balaban J connectivity index is 1.35. The lowest BCUT2D eigenvalue weighted by Gasteiger charge is -2.15. The summed E-state index contributed by atoms with van der Waals surface area (Å²) in [6, 6.07) is 20.0. The van der Waals surface area contributed by atoms with Gasteiger partial charge in [-0.1, -0.05) is 66.4 Å². The summed E-state index contributed by atoms with van der Waals surface area (Å²) in [5, 5.41) is 5.60. The normalized spacial score (nSPS) is 15.2. The minimum Gasteiger partial charge on any atom is -0.349 e. The molecule has 2 heterocycles. The number of thioether (sulfide) groups is 1. The van der Waals surface area contributed by atoms with E-state index >= 15 is 0 Å². The summed E-state index contributed by atoms with van der Waals surface area (Å²) in [5.41, 5.74) is 4.17. The Morgan fingerprint density at radius 3 is 2.81 bits per heavy atom. The van der Waals surface area contributed by atoms with Crippen LogP contribution in [0, 0.1) is 0 Å². The van der Waals surface area contributed by atoms with E-state index in [4.69, 9.17) is 0 Å². The van der Waals surface area contributed by atoms with Crippen molar-refractivity contribution in [1.29, 1.82) is 0 Å². The summed E-state index contributed by atoms with van der Waals surface area (Å²) in [6.07, 6.45) is 1.91. The van der Waals surface area contributed by atoms with Crippen LogP contribution in [0.25, 0.3) is 10.2 Å². The molecule has 1 N–H and O–H groups in total. The lowest BCUT2D eigenvalue weighted by atomic mass is 10.1. The fourth-order valence-corrected chi connectivity index (χ4v) is 5.60. The highest BCUT2D eigenvalue weighted by Crippen LogP contribution is 2.31. The molecule has 1 amide bonds. The van der Waals surface area contributed by atoms with Crippen molar-refractivity contribution >= 4 is 39.2 Å². The van der Waals surface area contributed by atoms with Crippen LogP contribution in [-0.4, -0.2) is 21.2 Å². The minimum absolute atomic E-state index is 0.0439. The molecule has 0 unspecified atom stereocenters. The van der Waals surface area contributed by atoms with Gasteiger partial charge in [-0.15, -0.1) is 11.3 Å². The molecule has 0 saturated heterocycles. The highest BCUT2D eigenvalue weighted by molar-refractivity contribution is 7.99. The second-order valence-corrected chi connectivity index (χ2v) is 9.41. The molecule has 2 aromatic carbocycles. The highest BCUT2D eigenvalue weighted by Gasteiger charge is 2.23. The molecule has 0 saturated carbocycles. The first kappa shape index (κ1) is 20.0. The first-order chi connectivity index (χ1) is 15.2. The average molecular weight is 448 g/mol. The van der Waals surface area contributed by atoms with E-state index in [1.54, 1.807) is 4.57 Å². The minimum atomic E-state index is -0.0588. The van der Waals surface area contributed by atoms with Crippen LogP contribution in [0.2, 0.25) is 0 Å². The second-order valence-electron chi connectivity index (χ2n) is 7.55. The first-order valence-corrected chi connectivity index (χ1v) is 12.1. The number of nitrogens with one attached hydrogen (secondary N) is 1. The van der Waals surface area contributed by atoms with Gasteiger partial charge in [-0.3, -0.25) is 14.2 Å². The molecule has 1 aliphatic rings.